The van der Waals surface area contributed by atoms with E-state index in [9.17, 15) is 9.59 Å². The largest absolute Gasteiger partial charge is 0.334 e. The van der Waals surface area contributed by atoms with Crippen molar-refractivity contribution in [2.75, 3.05) is 6.54 Å². The van der Waals surface area contributed by atoms with Crippen LogP contribution in [0.1, 0.15) is 28.2 Å². The van der Waals surface area contributed by atoms with E-state index in [1.807, 2.05) is 29.2 Å². The summed E-state index contributed by atoms with van der Waals surface area (Å²) in [4.78, 5) is 25.6. The highest BCUT2D eigenvalue weighted by Crippen LogP contribution is 2.34. The minimum Gasteiger partial charge on any atom is -0.334 e. The van der Waals surface area contributed by atoms with Gasteiger partial charge in [0.25, 0.3) is 0 Å². The first-order chi connectivity index (χ1) is 12.1. The molecule has 0 bridgehead atoms. The summed E-state index contributed by atoms with van der Waals surface area (Å²) in [5, 5.41) is 0. The predicted octanol–water partition coefficient (Wildman–Crippen LogP) is 3.64. The monoisotopic (exact) mass is 331 g/mol. The van der Waals surface area contributed by atoms with Crippen LogP contribution in [-0.2, 0) is 22.6 Å². The zero-order valence-corrected chi connectivity index (χ0v) is 14.2. The van der Waals surface area contributed by atoms with Crippen molar-refractivity contribution in [3.63, 3.8) is 0 Å². The molecule has 0 aromatic heterocycles. The molecule has 0 saturated carbocycles. The molecule has 0 N–H and O–H groups in total. The van der Waals surface area contributed by atoms with Gasteiger partial charge in [0.2, 0.25) is 5.91 Å². The maximum absolute atomic E-state index is 12.2. The maximum Gasteiger partial charge on any atom is 0.246 e. The van der Waals surface area contributed by atoms with Crippen LogP contribution in [0.5, 0.6) is 0 Å². The number of fused-ring (bicyclic) bond motifs is 1. The third-order valence-corrected chi connectivity index (χ3v) is 4.64. The van der Waals surface area contributed by atoms with Gasteiger partial charge in [-0.05, 0) is 34.4 Å². The first-order valence-electron chi connectivity index (χ1n) is 8.35. The smallest absolute Gasteiger partial charge is 0.246 e. The van der Waals surface area contributed by atoms with Gasteiger partial charge >= 0.3 is 0 Å². The SMILES string of the molecule is C=CC(=O)Cc1cccc([C@@H]2CN(C(=O)C=C)Cc3ccccc32)c1. The van der Waals surface area contributed by atoms with Crippen LogP contribution in [0.2, 0.25) is 0 Å². The predicted molar refractivity (Wildman–Crippen MR) is 99.2 cm³/mol. The molecule has 0 aliphatic carbocycles. The van der Waals surface area contributed by atoms with Crippen LogP contribution in [0.25, 0.3) is 0 Å². The lowest BCUT2D eigenvalue weighted by Gasteiger charge is -2.34. The van der Waals surface area contributed by atoms with Crippen molar-refractivity contribution in [3.8, 4) is 0 Å². The van der Waals surface area contributed by atoms with Crippen LogP contribution in [-0.4, -0.2) is 23.1 Å². The second-order valence-corrected chi connectivity index (χ2v) is 6.27. The fourth-order valence-corrected chi connectivity index (χ4v) is 3.38. The molecule has 25 heavy (non-hydrogen) atoms. The van der Waals surface area contributed by atoms with E-state index in [1.165, 1.54) is 17.7 Å². The molecule has 0 fully saturated rings. The Morgan fingerprint density at radius 1 is 1.08 bits per heavy atom. The molecule has 3 rings (SSSR count). The second-order valence-electron chi connectivity index (χ2n) is 6.27. The number of nitrogens with zero attached hydrogens (tertiary/aromatic N) is 1. The second kappa shape index (κ2) is 7.31. The number of ketones is 1. The van der Waals surface area contributed by atoms with Gasteiger partial charge in [0, 0.05) is 25.4 Å². The fraction of sp³-hybridized carbons (Fsp3) is 0.182. The lowest BCUT2D eigenvalue weighted by Crippen LogP contribution is -2.37. The zero-order valence-electron chi connectivity index (χ0n) is 14.2. The molecular formula is C22H21NO2. The first kappa shape index (κ1) is 16.9. The Morgan fingerprint density at radius 3 is 2.64 bits per heavy atom. The molecule has 0 radical (unpaired) electrons. The summed E-state index contributed by atoms with van der Waals surface area (Å²) >= 11 is 0. The number of hydrogen-bond donors (Lipinski definition) is 0. The number of carbonyl (C=O) groups is 2. The Balaban J connectivity index is 1.98. The summed E-state index contributed by atoms with van der Waals surface area (Å²) in [6, 6.07) is 16.3. The van der Waals surface area contributed by atoms with Crippen molar-refractivity contribution in [1.29, 1.82) is 0 Å². The number of allylic oxidation sites excluding steroid dienone is 1. The minimum atomic E-state index is -0.0579. The van der Waals surface area contributed by atoms with E-state index >= 15 is 0 Å². The molecule has 2 aromatic carbocycles. The molecule has 0 spiro atoms. The molecule has 1 amide bonds. The van der Waals surface area contributed by atoms with E-state index in [1.54, 1.807) is 0 Å². The lowest BCUT2D eigenvalue weighted by molar-refractivity contribution is -0.127. The Morgan fingerprint density at radius 2 is 1.88 bits per heavy atom. The number of benzene rings is 2. The summed E-state index contributed by atoms with van der Waals surface area (Å²) in [6.07, 6.45) is 3.07. The molecule has 0 unspecified atom stereocenters. The highest BCUT2D eigenvalue weighted by Gasteiger charge is 2.28. The lowest BCUT2D eigenvalue weighted by atomic mass is 9.84. The molecule has 3 heteroatoms. The molecule has 3 nitrogen and oxygen atoms in total. The maximum atomic E-state index is 12.2. The molecule has 1 atom stereocenters. The number of amides is 1. The Kier molecular flexibility index (Phi) is 4.94. The van der Waals surface area contributed by atoms with Crippen molar-refractivity contribution >= 4 is 11.7 Å². The van der Waals surface area contributed by atoms with E-state index in [-0.39, 0.29) is 17.6 Å². The number of hydrogen-bond acceptors (Lipinski definition) is 2. The summed E-state index contributed by atoms with van der Waals surface area (Å²) in [5.41, 5.74) is 4.47. The van der Waals surface area contributed by atoms with Crippen molar-refractivity contribution in [1.82, 2.24) is 4.90 Å². The summed E-state index contributed by atoms with van der Waals surface area (Å²) in [5.74, 6) is 0.0368. The van der Waals surface area contributed by atoms with Crippen molar-refractivity contribution < 1.29 is 9.59 Å². The first-order valence-corrected chi connectivity index (χ1v) is 8.35. The van der Waals surface area contributed by atoms with Gasteiger partial charge in [-0.25, -0.2) is 0 Å². The normalized spacial score (nSPS) is 16.0. The van der Waals surface area contributed by atoms with E-state index in [2.05, 4.69) is 37.4 Å². The van der Waals surface area contributed by atoms with Crippen molar-refractivity contribution in [2.45, 2.75) is 18.9 Å². The van der Waals surface area contributed by atoms with Crippen LogP contribution in [0, 0.1) is 0 Å². The Labute approximate surface area is 148 Å². The third-order valence-electron chi connectivity index (χ3n) is 4.64. The average Bonchev–Trinajstić information content (AvgIpc) is 2.66. The van der Waals surface area contributed by atoms with E-state index in [0.29, 0.717) is 19.5 Å². The van der Waals surface area contributed by atoms with Crippen molar-refractivity contribution in [2.24, 2.45) is 0 Å². The van der Waals surface area contributed by atoms with Crippen LogP contribution >= 0.6 is 0 Å². The highest BCUT2D eigenvalue weighted by molar-refractivity contribution is 5.90. The van der Waals surface area contributed by atoms with E-state index in [4.69, 9.17) is 0 Å². The van der Waals surface area contributed by atoms with E-state index < -0.39 is 0 Å². The minimum absolute atomic E-state index is 0.00431. The molecule has 126 valence electrons. The van der Waals surface area contributed by atoms with Crippen LogP contribution in [0.4, 0.5) is 0 Å². The molecule has 1 aliphatic rings. The van der Waals surface area contributed by atoms with E-state index in [0.717, 1.165) is 16.7 Å². The summed E-state index contributed by atoms with van der Waals surface area (Å²) in [6.45, 7) is 8.36. The molecule has 1 heterocycles. The van der Waals surface area contributed by atoms with Gasteiger partial charge in [-0.1, -0.05) is 61.7 Å². The van der Waals surface area contributed by atoms with Crippen LogP contribution < -0.4 is 0 Å². The molecule has 2 aromatic rings. The Hall–Kier alpha value is -2.94. The zero-order chi connectivity index (χ0) is 17.8. The molecule has 0 saturated heterocycles. The van der Waals surface area contributed by atoms with Gasteiger partial charge in [0.15, 0.2) is 5.78 Å². The molecule has 1 aliphatic heterocycles. The van der Waals surface area contributed by atoms with Gasteiger partial charge < -0.3 is 4.90 Å². The third kappa shape index (κ3) is 3.61. The Bertz CT molecular complexity index is 837. The average molecular weight is 331 g/mol. The van der Waals surface area contributed by atoms with Gasteiger partial charge in [-0.2, -0.15) is 0 Å². The molecular weight excluding hydrogens is 310 g/mol. The van der Waals surface area contributed by atoms with Gasteiger partial charge in [-0.15, -0.1) is 0 Å². The quantitative estimate of drug-likeness (QED) is 0.784. The van der Waals surface area contributed by atoms with Crippen molar-refractivity contribution in [3.05, 3.63) is 96.1 Å². The summed E-state index contributed by atoms with van der Waals surface area (Å²) in [7, 11) is 0. The standard InChI is InChI=1S/C22H21NO2/c1-3-19(24)13-16-8-7-10-17(12-16)21-15-23(22(25)4-2)14-18-9-5-6-11-20(18)21/h3-12,21H,1-2,13-15H2/t21-/m0/s1. The number of carbonyl (C=O) groups excluding carboxylic acids is 2. The van der Waals surface area contributed by atoms with Gasteiger partial charge in [0.1, 0.15) is 0 Å². The van der Waals surface area contributed by atoms with Gasteiger partial charge in [-0.3, -0.25) is 9.59 Å². The topological polar surface area (TPSA) is 37.4 Å². The van der Waals surface area contributed by atoms with Crippen LogP contribution in [0.3, 0.4) is 0 Å². The highest BCUT2D eigenvalue weighted by atomic mass is 16.2. The fourth-order valence-electron chi connectivity index (χ4n) is 3.38. The van der Waals surface area contributed by atoms with Gasteiger partial charge in [0.05, 0.1) is 0 Å². The summed E-state index contributed by atoms with van der Waals surface area (Å²) < 4.78 is 0. The number of rotatable bonds is 5. The van der Waals surface area contributed by atoms with Crippen LogP contribution in [0.15, 0.2) is 73.8 Å².